The Morgan fingerprint density at radius 3 is 2.88 bits per heavy atom. The van der Waals surface area contributed by atoms with Gasteiger partial charge in [0.25, 0.3) is 0 Å². The number of fused-ring (bicyclic) bond motifs is 2. The molecule has 2 heteroatoms. The normalized spacial score (nSPS) is 21.8. The van der Waals surface area contributed by atoms with Crippen LogP contribution in [0.1, 0.15) is 51.6 Å². The Labute approximate surface area is 97.5 Å². The van der Waals surface area contributed by atoms with Crippen LogP contribution in [-0.4, -0.2) is 5.91 Å². The molecule has 3 rings (SSSR count). The average Bonchev–Trinajstić information content (AvgIpc) is 3.03. The first kappa shape index (κ1) is 9.88. The van der Waals surface area contributed by atoms with Crippen molar-refractivity contribution in [2.24, 2.45) is 0 Å². The van der Waals surface area contributed by atoms with E-state index in [0.29, 0.717) is 5.92 Å². The molecule has 1 unspecified atom stereocenters. The summed E-state index contributed by atoms with van der Waals surface area (Å²) in [6.07, 6.45) is 3.18. The summed E-state index contributed by atoms with van der Waals surface area (Å²) in [5.74, 6) is 0.779. The van der Waals surface area contributed by atoms with E-state index < -0.39 is 0 Å². The van der Waals surface area contributed by atoms with Gasteiger partial charge >= 0.3 is 0 Å². The zero-order valence-electron chi connectivity index (χ0n) is 9.84. The van der Waals surface area contributed by atoms with Gasteiger partial charge in [-0.3, -0.25) is 4.79 Å². The van der Waals surface area contributed by atoms with Crippen LogP contribution in [-0.2, 0) is 10.2 Å². The average molecular weight is 217 g/mol. The summed E-state index contributed by atoms with van der Waals surface area (Å²) in [5.41, 5.74) is 3.48. The second-order valence-corrected chi connectivity index (χ2v) is 5.15. The minimum absolute atomic E-state index is 0. The fourth-order valence-corrected chi connectivity index (χ4v) is 2.61. The molecule has 1 aromatic carbocycles. The van der Waals surface area contributed by atoms with Gasteiger partial charge in [0.15, 0.2) is 0 Å². The quantitative estimate of drug-likeness (QED) is 0.808. The molecule has 0 aromatic heterocycles. The third-order valence-electron chi connectivity index (χ3n) is 4.17. The van der Waals surface area contributed by atoms with Crippen molar-refractivity contribution in [3.05, 3.63) is 29.3 Å². The number of hydrogen-bond acceptors (Lipinski definition) is 1. The van der Waals surface area contributed by atoms with E-state index in [-0.39, 0.29) is 12.7 Å². The first-order chi connectivity index (χ1) is 7.67. The summed E-state index contributed by atoms with van der Waals surface area (Å²) in [5, 5.41) is 3.03. The van der Waals surface area contributed by atoms with Gasteiger partial charge in [0, 0.05) is 7.11 Å². The zero-order chi connectivity index (χ0) is 11.3. The zero-order valence-corrected chi connectivity index (χ0v) is 9.84. The molecule has 1 spiro atoms. The highest BCUT2D eigenvalue weighted by atomic mass is 16.2. The molecule has 0 radical (unpaired) electrons. The molecule has 1 aromatic rings. The van der Waals surface area contributed by atoms with Crippen LogP contribution in [0.5, 0.6) is 0 Å². The molecular weight excluding hydrogens is 198 g/mol. The van der Waals surface area contributed by atoms with Gasteiger partial charge in [-0.25, -0.2) is 0 Å². The molecule has 86 valence electrons. The van der Waals surface area contributed by atoms with Gasteiger partial charge in [0.1, 0.15) is 0 Å². The van der Waals surface area contributed by atoms with Crippen molar-refractivity contribution in [3.8, 4) is 0 Å². The highest BCUT2D eigenvalue weighted by molar-refractivity contribution is 6.08. The summed E-state index contributed by atoms with van der Waals surface area (Å²) in [7, 11) is 0. The minimum atomic E-state index is -0.136. The molecule has 1 atom stereocenters. The Bertz CT molecular complexity index is 465. The van der Waals surface area contributed by atoms with Gasteiger partial charge < -0.3 is 5.32 Å². The monoisotopic (exact) mass is 217 g/mol. The Morgan fingerprint density at radius 2 is 2.25 bits per heavy atom. The third-order valence-corrected chi connectivity index (χ3v) is 4.17. The lowest BCUT2D eigenvalue weighted by Crippen LogP contribution is -2.18. The number of carbonyl (C=O) groups excluding carboxylic acids is 1. The number of amides is 1. The van der Waals surface area contributed by atoms with Crippen LogP contribution in [0.2, 0.25) is 0 Å². The number of anilines is 1. The van der Waals surface area contributed by atoms with E-state index in [9.17, 15) is 4.79 Å². The molecule has 1 N–H and O–H groups in total. The number of nitrogens with one attached hydrogen (secondary N) is 1. The van der Waals surface area contributed by atoms with E-state index in [1.165, 1.54) is 11.1 Å². The minimum Gasteiger partial charge on any atom is -0.325 e. The maximum absolute atomic E-state index is 11.9. The van der Waals surface area contributed by atoms with Gasteiger partial charge in [-0.2, -0.15) is 0 Å². The van der Waals surface area contributed by atoms with E-state index in [2.05, 4.69) is 37.4 Å². The third kappa shape index (κ3) is 1.16. The molecule has 1 aliphatic heterocycles. The van der Waals surface area contributed by atoms with Crippen LogP contribution >= 0.6 is 0 Å². The summed E-state index contributed by atoms with van der Waals surface area (Å²) in [6, 6.07) is 6.50. The summed E-state index contributed by atoms with van der Waals surface area (Å²) in [6.45, 7) is 4.42. The van der Waals surface area contributed by atoms with Crippen LogP contribution < -0.4 is 5.32 Å². The first-order valence-electron chi connectivity index (χ1n) is 6.13. The van der Waals surface area contributed by atoms with E-state index in [1.807, 2.05) is 0 Å². The van der Waals surface area contributed by atoms with Crippen LogP contribution in [0, 0.1) is 0 Å². The van der Waals surface area contributed by atoms with Gasteiger partial charge in [0.05, 0.1) is 5.41 Å². The lowest BCUT2D eigenvalue weighted by molar-refractivity contribution is -0.117. The summed E-state index contributed by atoms with van der Waals surface area (Å²) < 4.78 is 0. The van der Waals surface area contributed by atoms with Crippen molar-refractivity contribution in [1.29, 1.82) is 0 Å². The lowest BCUT2D eigenvalue weighted by Gasteiger charge is -2.11. The van der Waals surface area contributed by atoms with Crippen molar-refractivity contribution in [2.45, 2.75) is 44.4 Å². The lowest BCUT2D eigenvalue weighted by atomic mass is 9.92. The maximum atomic E-state index is 11.9. The Kier molecular flexibility index (Phi) is 1.91. The van der Waals surface area contributed by atoms with Gasteiger partial charge in [-0.05, 0) is 42.4 Å². The smallest absolute Gasteiger partial charge is 0.235 e. The molecule has 1 aliphatic carbocycles. The number of carbonyl (C=O) groups is 1. The SMILES string of the molecule is CCC(C)c1ccc2c(c1)NC(=O)C21CC1.[HH]. The fourth-order valence-electron chi connectivity index (χ4n) is 2.61. The molecule has 0 bridgehead atoms. The topological polar surface area (TPSA) is 29.1 Å². The molecule has 1 saturated carbocycles. The molecule has 2 aliphatic rings. The van der Waals surface area contributed by atoms with Gasteiger partial charge in [-0.15, -0.1) is 0 Å². The standard InChI is InChI=1S/C14H17NO.H2/c1-3-9(2)10-4-5-11-12(8-10)15-13(16)14(11)6-7-14;/h4-5,8-9H,3,6-7H2,1-2H3,(H,15,16);1H. The molecule has 1 heterocycles. The molecule has 0 saturated heterocycles. The predicted molar refractivity (Wildman–Crippen MR) is 66.8 cm³/mol. The fraction of sp³-hybridized carbons (Fsp3) is 0.500. The van der Waals surface area contributed by atoms with E-state index in [4.69, 9.17) is 0 Å². The molecule has 16 heavy (non-hydrogen) atoms. The molecule has 1 fully saturated rings. The summed E-state index contributed by atoms with van der Waals surface area (Å²) in [4.78, 5) is 11.9. The largest absolute Gasteiger partial charge is 0.325 e. The summed E-state index contributed by atoms with van der Waals surface area (Å²) >= 11 is 0. The van der Waals surface area contributed by atoms with Gasteiger partial charge in [0.2, 0.25) is 5.91 Å². The highest BCUT2D eigenvalue weighted by Crippen LogP contribution is 2.55. The Hall–Kier alpha value is -1.31. The molecular formula is C14H19NO. The van der Waals surface area contributed by atoms with E-state index in [1.54, 1.807) is 0 Å². The Balaban J connectivity index is 0.00000108. The highest BCUT2D eigenvalue weighted by Gasteiger charge is 2.56. The van der Waals surface area contributed by atoms with Crippen molar-refractivity contribution < 1.29 is 6.22 Å². The molecule has 1 amide bonds. The van der Waals surface area contributed by atoms with Crippen LogP contribution in [0.25, 0.3) is 0 Å². The van der Waals surface area contributed by atoms with Crippen LogP contribution in [0.3, 0.4) is 0 Å². The van der Waals surface area contributed by atoms with Crippen molar-refractivity contribution in [2.75, 3.05) is 5.32 Å². The van der Waals surface area contributed by atoms with Crippen LogP contribution in [0.4, 0.5) is 5.69 Å². The van der Waals surface area contributed by atoms with Crippen LogP contribution in [0.15, 0.2) is 18.2 Å². The second kappa shape index (κ2) is 3.09. The Morgan fingerprint density at radius 1 is 1.50 bits per heavy atom. The number of benzene rings is 1. The second-order valence-electron chi connectivity index (χ2n) is 5.15. The van der Waals surface area contributed by atoms with E-state index in [0.717, 1.165) is 24.9 Å². The van der Waals surface area contributed by atoms with Crippen molar-refractivity contribution in [1.82, 2.24) is 0 Å². The van der Waals surface area contributed by atoms with Crippen molar-refractivity contribution >= 4 is 11.6 Å². The number of rotatable bonds is 2. The van der Waals surface area contributed by atoms with E-state index >= 15 is 0 Å². The van der Waals surface area contributed by atoms with Gasteiger partial charge in [-0.1, -0.05) is 26.0 Å². The number of hydrogen-bond donors (Lipinski definition) is 1. The molecule has 2 nitrogen and oxygen atoms in total. The maximum Gasteiger partial charge on any atom is 0.235 e. The predicted octanol–water partition coefficient (Wildman–Crippen LogP) is 3.43. The first-order valence-corrected chi connectivity index (χ1v) is 6.13. The van der Waals surface area contributed by atoms with Crippen molar-refractivity contribution in [3.63, 3.8) is 0 Å².